The number of imidazole rings is 1. The van der Waals surface area contributed by atoms with Crippen molar-refractivity contribution >= 4 is 12.2 Å². The Morgan fingerprint density at radius 1 is 1.02 bits per heavy atom. The Morgan fingerprint density at radius 2 is 1.76 bits per heavy atom. The van der Waals surface area contributed by atoms with E-state index in [-0.39, 0.29) is 31.0 Å². The van der Waals surface area contributed by atoms with E-state index in [2.05, 4.69) is 0 Å². The normalized spacial score (nSPS) is 19.4. The summed E-state index contributed by atoms with van der Waals surface area (Å²) in [5.41, 5.74) is 2.18. The number of piperidine rings is 1. The average Bonchev–Trinajstić information content (AvgIpc) is 3.33. The molecule has 5 rings (SSSR count). The van der Waals surface area contributed by atoms with Crippen molar-refractivity contribution in [1.82, 2.24) is 19.4 Å². The first kappa shape index (κ1) is 29.5. The van der Waals surface area contributed by atoms with E-state index in [1.807, 2.05) is 61.9 Å². The molecule has 3 heterocycles. The Kier molecular flexibility index (Phi) is 8.52. The smallest absolute Gasteiger partial charge is 0.410 e. The van der Waals surface area contributed by atoms with Gasteiger partial charge in [-0.15, -0.1) is 0 Å². The number of aromatic nitrogens is 2. The van der Waals surface area contributed by atoms with E-state index in [0.717, 1.165) is 11.1 Å². The number of rotatable bonds is 6. The third kappa shape index (κ3) is 6.91. The van der Waals surface area contributed by atoms with E-state index in [9.17, 15) is 14.0 Å². The largest absolute Gasteiger partial charge is 0.445 e. The Balaban J connectivity index is 1.29. The molecule has 2 aromatic carbocycles. The van der Waals surface area contributed by atoms with Crippen molar-refractivity contribution in [2.45, 2.75) is 65.0 Å². The predicted molar refractivity (Wildman–Crippen MR) is 154 cm³/mol. The van der Waals surface area contributed by atoms with Gasteiger partial charge >= 0.3 is 12.2 Å². The Labute approximate surface area is 245 Å². The zero-order chi connectivity index (χ0) is 30.0. The average molecular weight is 581 g/mol. The standard InChI is InChI=1S/C32H38F2N4O4/c1-21-14-24(10-11-26(21)33)28-19-37(15-23-16-38(17-23)31(40)42-32(2,3)4)29(35-28)25-12-13-36(18-27(25)34)30(39)41-20-22-8-6-5-7-9-22/h5-11,14,19,23,25,27H,12-13,15-18,20H2,1-4H3/t25-,27+/m1/s1. The summed E-state index contributed by atoms with van der Waals surface area (Å²) in [7, 11) is 0. The second-order valence-corrected chi connectivity index (χ2v) is 12.2. The third-order valence-corrected chi connectivity index (χ3v) is 7.66. The number of carbonyl (C=O) groups excluding carboxylic acids is 2. The summed E-state index contributed by atoms with van der Waals surface area (Å²) < 4.78 is 42.6. The number of carbonyl (C=O) groups is 2. The molecule has 10 heteroatoms. The highest BCUT2D eigenvalue weighted by atomic mass is 19.1. The fraction of sp³-hybridized carbons (Fsp3) is 0.469. The van der Waals surface area contributed by atoms with E-state index in [0.29, 0.717) is 49.7 Å². The van der Waals surface area contributed by atoms with Gasteiger partial charge in [0.15, 0.2) is 0 Å². The highest BCUT2D eigenvalue weighted by Gasteiger charge is 2.38. The van der Waals surface area contributed by atoms with E-state index in [1.54, 1.807) is 24.0 Å². The van der Waals surface area contributed by atoms with Crippen LogP contribution in [0.2, 0.25) is 0 Å². The van der Waals surface area contributed by atoms with Crippen molar-refractivity contribution in [1.29, 1.82) is 0 Å². The number of amides is 2. The van der Waals surface area contributed by atoms with Crippen LogP contribution in [0, 0.1) is 18.7 Å². The van der Waals surface area contributed by atoms with Gasteiger partial charge in [0.25, 0.3) is 0 Å². The van der Waals surface area contributed by atoms with Gasteiger partial charge in [-0.2, -0.15) is 0 Å². The minimum absolute atomic E-state index is 0.0913. The van der Waals surface area contributed by atoms with Gasteiger partial charge in [0, 0.05) is 43.9 Å². The molecule has 224 valence electrons. The van der Waals surface area contributed by atoms with E-state index >= 15 is 4.39 Å². The lowest BCUT2D eigenvalue weighted by Gasteiger charge is -2.40. The summed E-state index contributed by atoms with van der Waals surface area (Å²) in [6, 6.07) is 14.2. The summed E-state index contributed by atoms with van der Waals surface area (Å²) in [4.78, 5) is 33.0. The maximum absolute atomic E-state index is 15.8. The van der Waals surface area contributed by atoms with Crippen LogP contribution in [0.5, 0.6) is 0 Å². The predicted octanol–water partition coefficient (Wildman–Crippen LogP) is 6.33. The van der Waals surface area contributed by atoms with Gasteiger partial charge in [-0.3, -0.25) is 0 Å². The monoisotopic (exact) mass is 580 g/mol. The van der Waals surface area contributed by atoms with Gasteiger partial charge in [0.05, 0.1) is 18.2 Å². The molecule has 3 aromatic rings. The number of aryl methyl sites for hydroxylation is 1. The van der Waals surface area contributed by atoms with Crippen molar-refractivity contribution < 1.29 is 27.8 Å². The summed E-state index contributed by atoms with van der Waals surface area (Å²) in [6.45, 7) is 9.18. The molecule has 2 aliphatic heterocycles. The zero-order valence-corrected chi connectivity index (χ0v) is 24.6. The maximum atomic E-state index is 15.8. The molecule has 2 fully saturated rings. The molecule has 0 unspecified atom stereocenters. The molecule has 2 atom stereocenters. The van der Waals surface area contributed by atoms with Crippen LogP contribution in [0.1, 0.15) is 50.1 Å². The lowest BCUT2D eigenvalue weighted by molar-refractivity contribution is -0.00363. The van der Waals surface area contributed by atoms with Crippen molar-refractivity contribution in [2.75, 3.05) is 26.2 Å². The van der Waals surface area contributed by atoms with Crippen LogP contribution in [0.4, 0.5) is 18.4 Å². The van der Waals surface area contributed by atoms with E-state index in [1.165, 1.54) is 11.0 Å². The molecule has 0 radical (unpaired) electrons. The number of alkyl halides is 1. The summed E-state index contributed by atoms with van der Waals surface area (Å²) >= 11 is 0. The molecule has 0 spiro atoms. The molecule has 1 aromatic heterocycles. The highest BCUT2D eigenvalue weighted by molar-refractivity contribution is 5.69. The number of likely N-dealkylation sites (tertiary alicyclic amines) is 2. The first-order valence-corrected chi connectivity index (χ1v) is 14.4. The molecule has 0 bridgehead atoms. The minimum Gasteiger partial charge on any atom is -0.445 e. The SMILES string of the molecule is Cc1cc(-c2cn(CC3CN(C(=O)OC(C)(C)C)C3)c([C@@H]3CCN(C(=O)OCc4ccccc4)C[C@@H]3F)n2)ccc1F. The number of halogens is 2. The second-order valence-electron chi connectivity index (χ2n) is 12.2. The molecule has 0 saturated carbocycles. The lowest BCUT2D eigenvalue weighted by Crippen LogP contribution is -2.53. The molecule has 0 aliphatic carbocycles. The van der Waals surface area contributed by atoms with Crippen LogP contribution in [-0.2, 0) is 22.6 Å². The molecule has 2 amide bonds. The van der Waals surface area contributed by atoms with Crippen LogP contribution < -0.4 is 0 Å². The molecule has 42 heavy (non-hydrogen) atoms. The van der Waals surface area contributed by atoms with Crippen LogP contribution >= 0.6 is 0 Å². The number of ether oxygens (including phenoxy) is 2. The lowest BCUT2D eigenvalue weighted by atomic mass is 9.93. The molecule has 2 aliphatic rings. The van der Waals surface area contributed by atoms with Gasteiger partial charge < -0.3 is 23.8 Å². The quantitative estimate of drug-likeness (QED) is 0.341. The fourth-order valence-corrected chi connectivity index (χ4v) is 5.43. The molecule has 0 N–H and O–H groups in total. The molecule has 2 saturated heterocycles. The van der Waals surface area contributed by atoms with Gasteiger partial charge in [-0.05, 0) is 63.4 Å². The topological polar surface area (TPSA) is 76.9 Å². The second kappa shape index (κ2) is 12.1. The number of hydrogen-bond donors (Lipinski definition) is 0. The molecular formula is C32H38F2N4O4. The Morgan fingerprint density at radius 3 is 2.43 bits per heavy atom. The summed E-state index contributed by atoms with van der Waals surface area (Å²) in [5.74, 6) is -0.0853. The summed E-state index contributed by atoms with van der Waals surface area (Å²) in [6.07, 6.45) is 0.0390. The van der Waals surface area contributed by atoms with E-state index in [4.69, 9.17) is 14.5 Å². The molecular weight excluding hydrogens is 542 g/mol. The number of hydrogen-bond acceptors (Lipinski definition) is 5. The fourth-order valence-electron chi connectivity index (χ4n) is 5.43. The minimum atomic E-state index is -1.34. The third-order valence-electron chi connectivity index (χ3n) is 7.66. The van der Waals surface area contributed by atoms with Crippen LogP contribution in [0.3, 0.4) is 0 Å². The van der Waals surface area contributed by atoms with Crippen molar-refractivity contribution in [3.8, 4) is 11.3 Å². The van der Waals surface area contributed by atoms with Crippen molar-refractivity contribution in [3.63, 3.8) is 0 Å². The summed E-state index contributed by atoms with van der Waals surface area (Å²) in [5, 5.41) is 0. The van der Waals surface area contributed by atoms with Gasteiger partial charge in [-0.25, -0.2) is 23.4 Å². The van der Waals surface area contributed by atoms with E-state index < -0.39 is 23.8 Å². The number of benzene rings is 2. The molecule has 8 nitrogen and oxygen atoms in total. The van der Waals surface area contributed by atoms with Crippen LogP contribution in [-0.4, -0.2) is 69.5 Å². The van der Waals surface area contributed by atoms with Gasteiger partial charge in [0.2, 0.25) is 0 Å². The first-order valence-electron chi connectivity index (χ1n) is 14.4. The Bertz CT molecular complexity index is 1420. The van der Waals surface area contributed by atoms with Crippen LogP contribution in [0.15, 0.2) is 54.7 Å². The first-order chi connectivity index (χ1) is 20.0. The van der Waals surface area contributed by atoms with Crippen LogP contribution in [0.25, 0.3) is 11.3 Å². The maximum Gasteiger partial charge on any atom is 0.410 e. The Hall–Kier alpha value is -3.95. The van der Waals surface area contributed by atoms with Gasteiger partial charge in [-0.1, -0.05) is 30.3 Å². The zero-order valence-electron chi connectivity index (χ0n) is 24.6. The van der Waals surface area contributed by atoms with Crippen molar-refractivity contribution in [2.24, 2.45) is 5.92 Å². The number of nitrogens with zero attached hydrogens (tertiary/aromatic N) is 4. The van der Waals surface area contributed by atoms with Gasteiger partial charge in [0.1, 0.15) is 30.0 Å². The van der Waals surface area contributed by atoms with Crippen molar-refractivity contribution in [3.05, 3.63) is 77.5 Å². The highest BCUT2D eigenvalue weighted by Crippen LogP contribution is 2.34.